The fourth-order valence-corrected chi connectivity index (χ4v) is 2.06. The number of carbonyl (C=O) groups is 1. The van der Waals surface area contributed by atoms with Gasteiger partial charge in [0.25, 0.3) is 0 Å². The molecule has 2 aromatic heterocycles. The third-order valence-electron chi connectivity index (χ3n) is 3.05. The summed E-state index contributed by atoms with van der Waals surface area (Å²) in [6, 6.07) is 9.21. The summed E-state index contributed by atoms with van der Waals surface area (Å²) in [6.45, 7) is 0. The number of aromatic nitrogens is 3. The highest BCUT2D eigenvalue weighted by Gasteiger charge is 2.16. The maximum absolute atomic E-state index is 11.7. The van der Waals surface area contributed by atoms with Crippen molar-refractivity contribution in [2.75, 3.05) is 12.8 Å². The van der Waals surface area contributed by atoms with Crippen molar-refractivity contribution in [1.82, 2.24) is 14.8 Å². The van der Waals surface area contributed by atoms with Crippen molar-refractivity contribution < 1.29 is 9.53 Å². The second kappa shape index (κ2) is 4.65. The summed E-state index contributed by atoms with van der Waals surface area (Å²) in [5.41, 5.74) is 7.41. The number of nitrogens with zero attached hydrogens (tertiary/aromatic N) is 3. The van der Waals surface area contributed by atoms with Gasteiger partial charge < -0.3 is 10.5 Å². The van der Waals surface area contributed by atoms with Crippen LogP contribution >= 0.6 is 0 Å². The van der Waals surface area contributed by atoms with E-state index in [0.717, 1.165) is 10.9 Å². The molecule has 0 amide bonds. The molecular formula is C14H12N4O2. The molecule has 0 unspecified atom stereocenters. The van der Waals surface area contributed by atoms with Gasteiger partial charge in [-0.15, -0.1) is 0 Å². The first-order valence-corrected chi connectivity index (χ1v) is 5.98. The predicted octanol–water partition coefficient (Wildman–Crippen LogP) is 1.79. The van der Waals surface area contributed by atoms with E-state index in [1.165, 1.54) is 19.4 Å². The van der Waals surface area contributed by atoms with Gasteiger partial charge in [-0.25, -0.2) is 14.5 Å². The first-order valence-electron chi connectivity index (χ1n) is 5.98. The Labute approximate surface area is 114 Å². The molecule has 100 valence electrons. The summed E-state index contributed by atoms with van der Waals surface area (Å²) >= 11 is 0. The number of anilines is 1. The Morgan fingerprint density at radius 2 is 2.10 bits per heavy atom. The van der Waals surface area contributed by atoms with Crippen molar-refractivity contribution in [1.29, 1.82) is 0 Å². The van der Waals surface area contributed by atoms with Gasteiger partial charge in [-0.05, 0) is 12.1 Å². The average Bonchev–Trinajstić information content (AvgIpc) is 2.90. The molecule has 0 saturated heterocycles. The summed E-state index contributed by atoms with van der Waals surface area (Å²) < 4.78 is 6.31. The van der Waals surface area contributed by atoms with Crippen molar-refractivity contribution in [3.63, 3.8) is 0 Å². The molecule has 20 heavy (non-hydrogen) atoms. The van der Waals surface area contributed by atoms with Gasteiger partial charge in [-0.3, -0.25) is 0 Å². The number of rotatable bonds is 2. The molecule has 0 radical (unpaired) electrons. The zero-order valence-corrected chi connectivity index (χ0v) is 10.8. The van der Waals surface area contributed by atoms with Gasteiger partial charge in [0.15, 0.2) is 5.82 Å². The number of hydrogen-bond acceptors (Lipinski definition) is 5. The van der Waals surface area contributed by atoms with Crippen LogP contribution in [0.4, 0.5) is 5.69 Å². The normalized spacial score (nSPS) is 10.7. The summed E-state index contributed by atoms with van der Waals surface area (Å²) in [5.74, 6) is -0.0864. The van der Waals surface area contributed by atoms with Crippen molar-refractivity contribution >= 4 is 22.6 Å². The number of methoxy groups -OCH3 is 1. The van der Waals surface area contributed by atoms with E-state index in [0.29, 0.717) is 5.82 Å². The minimum absolute atomic E-state index is 0.244. The summed E-state index contributed by atoms with van der Waals surface area (Å²) in [4.78, 5) is 15.9. The van der Waals surface area contributed by atoms with E-state index >= 15 is 0 Å². The van der Waals surface area contributed by atoms with Crippen LogP contribution in [0.15, 0.2) is 42.7 Å². The third kappa shape index (κ3) is 1.78. The molecule has 0 aliphatic rings. The van der Waals surface area contributed by atoms with E-state index in [2.05, 4.69) is 10.1 Å². The number of fused-ring (bicyclic) bond motifs is 1. The van der Waals surface area contributed by atoms with Crippen LogP contribution in [-0.2, 0) is 4.74 Å². The molecule has 6 nitrogen and oxygen atoms in total. The number of ether oxygens (including phenoxy) is 1. The van der Waals surface area contributed by atoms with E-state index in [1.54, 1.807) is 10.9 Å². The maximum atomic E-state index is 11.7. The van der Waals surface area contributed by atoms with Crippen LogP contribution in [0, 0.1) is 0 Å². The molecule has 3 aromatic rings. The number of pyridine rings is 1. The molecule has 0 fully saturated rings. The van der Waals surface area contributed by atoms with Crippen molar-refractivity contribution in [2.24, 2.45) is 0 Å². The molecule has 1 aromatic carbocycles. The minimum Gasteiger partial charge on any atom is -0.465 e. The van der Waals surface area contributed by atoms with Crippen LogP contribution in [0.3, 0.4) is 0 Å². The third-order valence-corrected chi connectivity index (χ3v) is 3.05. The summed E-state index contributed by atoms with van der Waals surface area (Å²) in [5, 5.41) is 5.24. The Kier molecular flexibility index (Phi) is 2.83. The molecule has 0 aliphatic heterocycles. The Bertz CT molecular complexity index is 795. The van der Waals surface area contributed by atoms with E-state index in [4.69, 9.17) is 10.5 Å². The van der Waals surface area contributed by atoms with Crippen molar-refractivity contribution in [3.8, 4) is 5.82 Å². The molecule has 2 N–H and O–H groups in total. The lowest BCUT2D eigenvalue weighted by molar-refractivity contribution is 0.0602. The van der Waals surface area contributed by atoms with Crippen LogP contribution in [0.1, 0.15) is 10.4 Å². The van der Waals surface area contributed by atoms with Crippen molar-refractivity contribution in [2.45, 2.75) is 0 Å². The molecule has 2 heterocycles. The molecule has 3 rings (SSSR count). The Morgan fingerprint density at radius 1 is 1.30 bits per heavy atom. The quantitative estimate of drug-likeness (QED) is 0.716. The lowest BCUT2D eigenvalue weighted by Crippen LogP contribution is -2.11. The Balaban J connectivity index is 2.22. The summed E-state index contributed by atoms with van der Waals surface area (Å²) in [7, 11) is 1.31. The highest BCUT2D eigenvalue weighted by molar-refractivity contribution is 5.96. The van der Waals surface area contributed by atoms with Crippen LogP contribution in [0.2, 0.25) is 0 Å². The van der Waals surface area contributed by atoms with Gasteiger partial charge in [-0.1, -0.05) is 18.2 Å². The minimum atomic E-state index is -0.498. The van der Waals surface area contributed by atoms with Gasteiger partial charge >= 0.3 is 5.97 Å². The van der Waals surface area contributed by atoms with Crippen LogP contribution < -0.4 is 5.73 Å². The molecule has 0 bridgehead atoms. The maximum Gasteiger partial charge on any atom is 0.340 e. The largest absolute Gasteiger partial charge is 0.465 e. The zero-order chi connectivity index (χ0) is 14.1. The highest BCUT2D eigenvalue weighted by Crippen LogP contribution is 2.23. The lowest BCUT2D eigenvalue weighted by atomic mass is 10.2. The van der Waals surface area contributed by atoms with E-state index in [1.807, 2.05) is 24.3 Å². The van der Waals surface area contributed by atoms with Gasteiger partial charge in [0.1, 0.15) is 0 Å². The average molecular weight is 268 g/mol. The molecule has 6 heteroatoms. The number of carbonyl (C=O) groups excluding carboxylic acids is 1. The fraction of sp³-hybridized carbons (Fsp3) is 0.0714. The van der Waals surface area contributed by atoms with Crippen LogP contribution in [0.5, 0.6) is 0 Å². The second-order valence-electron chi connectivity index (χ2n) is 4.20. The number of hydrogen-bond donors (Lipinski definition) is 1. The molecule has 0 spiro atoms. The van der Waals surface area contributed by atoms with Crippen LogP contribution in [-0.4, -0.2) is 27.8 Å². The second-order valence-corrected chi connectivity index (χ2v) is 4.20. The van der Waals surface area contributed by atoms with Gasteiger partial charge in [0.05, 0.1) is 30.1 Å². The molecule has 0 aliphatic carbocycles. The monoisotopic (exact) mass is 268 g/mol. The molecule has 0 atom stereocenters. The zero-order valence-electron chi connectivity index (χ0n) is 10.8. The van der Waals surface area contributed by atoms with E-state index in [-0.39, 0.29) is 11.3 Å². The smallest absolute Gasteiger partial charge is 0.340 e. The fourth-order valence-electron chi connectivity index (χ4n) is 2.06. The molecule has 0 saturated carbocycles. The number of nitrogen functional groups attached to an aromatic ring is 1. The first-order chi connectivity index (χ1) is 9.72. The van der Waals surface area contributed by atoms with E-state index < -0.39 is 5.97 Å². The van der Waals surface area contributed by atoms with E-state index in [9.17, 15) is 4.79 Å². The first kappa shape index (κ1) is 12.2. The number of esters is 1. The topological polar surface area (TPSA) is 83.0 Å². The Hall–Kier alpha value is -2.89. The SMILES string of the molecule is COC(=O)c1ccnc(-n2ncc3ccccc32)c1N. The van der Waals surface area contributed by atoms with Gasteiger partial charge in [0, 0.05) is 11.6 Å². The van der Waals surface area contributed by atoms with Gasteiger partial charge in [0.2, 0.25) is 0 Å². The number of benzene rings is 1. The predicted molar refractivity (Wildman–Crippen MR) is 74.6 cm³/mol. The number of para-hydroxylation sites is 1. The lowest BCUT2D eigenvalue weighted by Gasteiger charge is -2.09. The Morgan fingerprint density at radius 3 is 2.90 bits per heavy atom. The van der Waals surface area contributed by atoms with Crippen LogP contribution in [0.25, 0.3) is 16.7 Å². The standard InChI is InChI=1S/C14H12N4O2/c1-20-14(19)10-6-7-16-13(12(10)15)18-11-5-3-2-4-9(11)8-17-18/h2-8H,15H2,1H3. The van der Waals surface area contributed by atoms with Gasteiger partial charge in [-0.2, -0.15) is 5.10 Å². The summed E-state index contributed by atoms with van der Waals surface area (Å²) in [6.07, 6.45) is 3.23. The van der Waals surface area contributed by atoms with Crippen molar-refractivity contribution in [3.05, 3.63) is 48.3 Å². The molecular weight excluding hydrogens is 256 g/mol. The highest BCUT2D eigenvalue weighted by atomic mass is 16.5. The number of nitrogens with two attached hydrogens (primary N) is 1.